The van der Waals surface area contributed by atoms with Gasteiger partial charge in [0.1, 0.15) is 24.0 Å². The number of fused-ring (bicyclic) bond motifs is 4. The van der Waals surface area contributed by atoms with Crippen LogP contribution in [0.15, 0.2) is 42.7 Å². The molecule has 2 aromatic carbocycles. The number of halogens is 1. The third kappa shape index (κ3) is 3.63. The Bertz CT molecular complexity index is 1620. The number of rotatable bonds is 2. The standard InChI is InChI=1S/C27H22FN5O3/c1-32-11-16(10-30-32)4-3-15-5-6-17-24(14-36-25(17)7-15)33(2)27(34)19-8-18-20-12-35-13-21(20)26(29)31-23(18)9-22(19)28/h5-11,24H,12-14H2,1-2H3,(H2,29,31). The molecule has 2 aliphatic rings. The van der Waals surface area contributed by atoms with Gasteiger partial charge in [0.05, 0.1) is 42.1 Å². The first-order chi connectivity index (χ1) is 17.4. The van der Waals surface area contributed by atoms with Crippen LogP contribution in [0.2, 0.25) is 0 Å². The van der Waals surface area contributed by atoms with E-state index < -0.39 is 11.7 Å². The second kappa shape index (κ2) is 8.36. The highest BCUT2D eigenvalue weighted by Crippen LogP contribution is 2.38. The lowest BCUT2D eigenvalue weighted by atomic mass is 10.0. The molecule has 4 aromatic rings. The Morgan fingerprint density at radius 2 is 2.00 bits per heavy atom. The molecule has 0 fully saturated rings. The molecule has 0 saturated carbocycles. The molecule has 1 unspecified atom stereocenters. The zero-order valence-corrected chi connectivity index (χ0v) is 19.7. The van der Waals surface area contributed by atoms with Crippen molar-refractivity contribution in [3.63, 3.8) is 0 Å². The molecule has 6 rings (SSSR count). The number of ether oxygens (including phenoxy) is 2. The van der Waals surface area contributed by atoms with E-state index in [-0.39, 0.29) is 18.2 Å². The van der Waals surface area contributed by atoms with Gasteiger partial charge in [0.25, 0.3) is 5.91 Å². The van der Waals surface area contributed by atoms with Gasteiger partial charge in [-0.25, -0.2) is 9.37 Å². The normalized spacial score (nSPS) is 15.7. The molecule has 0 spiro atoms. The van der Waals surface area contributed by atoms with Crippen molar-refractivity contribution in [3.05, 3.63) is 81.9 Å². The Hall–Kier alpha value is -4.42. The van der Waals surface area contributed by atoms with E-state index >= 15 is 4.39 Å². The second-order valence-corrected chi connectivity index (χ2v) is 8.94. The summed E-state index contributed by atoms with van der Waals surface area (Å²) in [6.07, 6.45) is 3.54. The summed E-state index contributed by atoms with van der Waals surface area (Å²) in [5.41, 5.74) is 10.5. The van der Waals surface area contributed by atoms with Gasteiger partial charge in [-0.15, -0.1) is 0 Å². The SMILES string of the molecule is CN(C(=O)c1cc2c3c(c(N)nc2cc1F)COC3)C1COc2cc(C#Cc3cnn(C)c3)ccc21. The Morgan fingerprint density at radius 3 is 2.81 bits per heavy atom. The molecule has 2 N–H and O–H groups in total. The highest BCUT2D eigenvalue weighted by molar-refractivity contribution is 5.99. The van der Waals surface area contributed by atoms with Crippen LogP contribution in [-0.4, -0.2) is 39.2 Å². The van der Waals surface area contributed by atoms with E-state index in [1.54, 1.807) is 24.0 Å². The molecule has 2 aromatic heterocycles. The van der Waals surface area contributed by atoms with E-state index in [4.69, 9.17) is 15.2 Å². The number of hydrogen-bond acceptors (Lipinski definition) is 6. The fourth-order valence-electron chi connectivity index (χ4n) is 4.71. The Balaban J connectivity index is 1.29. The van der Waals surface area contributed by atoms with Gasteiger partial charge in [-0.05, 0) is 23.8 Å². The number of nitrogen functional groups attached to an aromatic ring is 1. The van der Waals surface area contributed by atoms with Gasteiger partial charge in [-0.3, -0.25) is 9.48 Å². The molecule has 1 atom stereocenters. The summed E-state index contributed by atoms with van der Waals surface area (Å²) in [6, 6.07) is 8.10. The smallest absolute Gasteiger partial charge is 0.257 e. The minimum absolute atomic E-state index is 0.0296. The van der Waals surface area contributed by atoms with Crippen molar-refractivity contribution in [2.45, 2.75) is 19.3 Å². The molecule has 8 nitrogen and oxygen atoms in total. The number of aryl methyl sites for hydroxylation is 1. The van der Waals surface area contributed by atoms with Crippen molar-refractivity contribution < 1.29 is 18.7 Å². The predicted octanol–water partition coefficient (Wildman–Crippen LogP) is 3.33. The lowest BCUT2D eigenvalue weighted by Crippen LogP contribution is -2.32. The van der Waals surface area contributed by atoms with Gasteiger partial charge < -0.3 is 20.1 Å². The van der Waals surface area contributed by atoms with Crippen LogP contribution in [0, 0.1) is 17.7 Å². The lowest BCUT2D eigenvalue weighted by molar-refractivity contribution is 0.0704. The molecule has 2 aliphatic heterocycles. The minimum atomic E-state index is -0.648. The summed E-state index contributed by atoms with van der Waals surface area (Å²) >= 11 is 0. The number of likely N-dealkylation sites (N-methyl/N-ethyl adjacent to an activating group) is 1. The van der Waals surface area contributed by atoms with Gasteiger partial charge in [-0.1, -0.05) is 17.9 Å². The molecule has 36 heavy (non-hydrogen) atoms. The highest BCUT2D eigenvalue weighted by atomic mass is 19.1. The van der Waals surface area contributed by atoms with Crippen molar-refractivity contribution in [3.8, 4) is 17.6 Å². The van der Waals surface area contributed by atoms with Gasteiger partial charge in [0, 0.05) is 48.4 Å². The van der Waals surface area contributed by atoms with Gasteiger partial charge in [-0.2, -0.15) is 5.10 Å². The average molecular weight is 484 g/mol. The molecule has 9 heteroatoms. The fraction of sp³-hybridized carbons (Fsp3) is 0.222. The van der Waals surface area contributed by atoms with Crippen LogP contribution >= 0.6 is 0 Å². The minimum Gasteiger partial charge on any atom is -0.491 e. The largest absolute Gasteiger partial charge is 0.491 e. The number of carbonyl (C=O) groups is 1. The molecule has 0 radical (unpaired) electrons. The Kier molecular flexibility index (Phi) is 5.12. The molecular formula is C27H22FN5O3. The first-order valence-corrected chi connectivity index (χ1v) is 11.4. The number of carbonyl (C=O) groups excluding carboxylic acids is 1. The van der Waals surface area contributed by atoms with Gasteiger partial charge in [0.15, 0.2) is 0 Å². The average Bonchev–Trinajstić information content (AvgIpc) is 3.61. The molecular weight excluding hydrogens is 461 g/mol. The summed E-state index contributed by atoms with van der Waals surface area (Å²) in [7, 11) is 3.49. The zero-order valence-electron chi connectivity index (χ0n) is 19.7. The highest BCUT2D eigenvalue weighted by Gasteiger charge is 2.32. The number of benzene rings is 2. The summed E-state index contributed by atoms with van der Waals surface area (Å²) in [5, 5.41) is 4.79. The predicted molar refractivity (Wildman–Crippen MR) is 131 cm³/mol. The topological polar surface area (TPSA) is 95.5 Å². The maximum atomic E-state index is 15.1. The molecule has 4 heterocycles. The van der Waals surface area contributed by atoms with E-state index in [1.807, 2.05) is 31.4 Å². The first kappa shape index (κ1) is 22.1. The van der Waals surface area contributed by atoms with E-state index in [9.17, 15) is 4.79 Å². The molecule has 0 aliphatic carbocycles. The van der Waals surface area contributed by atoms with Crippen LogP contribution < -0.4 is 10.5 Å². The second-order valence-electron chi connectivity index (χ2n) is 8.94. The number of amides is 1. The van der Waals surface area contributed by atoms with E-state index in [0.29, 0.717) is 35.7 Å². The van der Waals surface area contributed by atoms with Gasteiger partial charge in [0.2, 0.25) is 0 Å². The summed E-state index contributed by atoms with van der Waals surface area (Å²) in [4.78, 5) is 19.2. The molecule has 1 amide bonds. The van der Waals surface area contributed by atoms with E-state index in [0.717, 1.165) is 27.8 Å². The van der Waals surface area contributed by atoms with Crippen molar-refractivity contribution in [1.82, 2.24) is 19.7 Å². The van der Waals surface area contributed by atoms with Crippen molar-refractivity contribution in [2.75, 3.05) is 19.4 Å². The third-order valence-corrected chi connectivity index (χ3v) is 6.66. The van der Waals surface area contributed by atoms with E-state index in [1.165, 1.54) is 11.0 Å². The van der Waals surface area contributed by atoms with Crippen molar-refractivity contribution in [2.24, 2.45) is 7.05 Å². The zero-order chi connectivity index (χ0) is 25.0. The number of nitrogens with zero attached hydrogens (tertiary/aromatic N) is 4. The number of aromatic nitrogens is 3. The summed E-state index contributed by atoms with van der Waals surface area (Å²) in [6.45, 7) is 0.979. The van der Waals surface area contributed by atoms with Gasteiger partial charge >= 0.3 is 0 Å². The Morgan fingerprint density at radius 1 is 1.19 bits per heavy atom. The monoisotopic (exact) mass is 483 g/mol. The maximum absolute atomic E-state index is 15.1. The molecule has 0 saturated heterocycles. The van der Waals surface area contributed by atoms with Crippen LogP contribution in [0.3, 0.4) is 0 Å². The van der Waals surface area contributed by atoms with Crippen LogP contribution in [0.4, 0.5) is 10.2 Å². The van der Waals surface area contributed by atoms with Crippen molar-refractivity contribution in [1.29, 1.82) is 0 Å². The van der Waals surface area contributed by atoms with Crippen molar-refractivity contribution >= 4 is 22.6 Å². The quantitative estimate of drug-likeness (QED) is 0.440. The lowest BCUT2D eigenvalue weighted by Gasteiger charge is -2.24. The maximum Gasteiger partial charge on any atom is 0.257 e. The first-order valence-electron chi connectivity index (χ1n) is 11.4. The summed E-state index contributed by atoms with van der Waals surface area (Å²) < 4.78 is 28.2. The third-order valence-electron chi connectivity index (χ3n) is 6.66. The fourth-order valence-corrected chi connectivity index (χ4v) is 4.71. The number of anilines is 1. The number of nitrogens with two attached hydrogens (primary N) is 1. The summed E-state index contributed by atoms with van der Waals surface area (Å²) in [5.74, 6) is 6.07. The number of pyridine rings is 1. The van der Waals surface area contributed by atoms with Crippen LogP contribution in [-0.2, 0) is 25.0 Å². The molecule has 180 valence electrons. The van der Waals surface area contributed by atoms with Crippen LogP contribution in [0.5, 0.6) is 5.75 Å². The van der Waals surface area contributed by atoms with Crippen LogP contribution in [0.1, 0.15) is 44.2 Å². The molecule has 0 bridgehead atoms. The van der Waals surface area contributed by atoms with E-state index in [2.05, 4.69) is 21.9 Å². The number of hydrogen-bond donors (Lipinski definition) is 1. The van der Waals surface area contributed by atoms with Crippen LogP contribution in [0.25, 0.3) is 10.9 Å². The Labute approximate surface area is 206 Å².